The normalized spacial score (nSPS) is 24.1. The van der Waals surface area contributed by atoms with E-state index in [4.69, 9.17) is 9.47 Å². The maximum Gasteiger partial charge on any atom is 0.226 e. The zero-order valence-electron chi connectivity index (χ0n) is 13.0. The van der Waals surface area contributed by atoms with Gasteiger partial charge in [0.1, 0.15) is 0 Å². The summed E-state index contributed by atoms with van der Waals surface area (Å²) in [6.45, 7) is 2.23. The minimum absolute atomic E-state index is 0.0462. The molecule has 1 N–H and O–H groups in total. The molecule has 0 saturated carbocycles. The highest BCUT2D eigenvalue weighted by atomic mass is 32.1. The van der Waals surface area contributed by atoms with E-state index in [9.17, 15) is 4.79 Å². The smallest absolute Gasteiger partial charge is 0.226 e. The van der Waals surface area contributed by atoms with Crippen LogP contribution < -0.4 is 5.32 Å². The van der Waals surface area contributed by atoms with Crippen molar-refractivity contribution < 1.29 is 14.3 Å². The van der Waals surface area contributed by atoms with E-state index in [-0.39, 0.29) is 17.6 Å². The maximum atomic E-state index is 12.3. The number of aromatic nitrogens is 2. The average molecular weight is 335 g/mol. The summed E-state index contributed by atoms with van der Waals surface area (Å²) in [5, 5.41) is 5.16. The van der Waals surface area contributed by atoms with Crippen LogP contribution in [-0.2, 0) is 20.7 Å². The monoisotopic (exact) mass is 335 g/mol. The van der Waals surface area contributed by atoms with Gasteiger partial charge in [-0.15, -0.1) is 11.3 Å². The number of thiazole rings is 1. The second kappa shape index (κ2) is 6.22. The number of ether oxygens (including phenoxy) is 2. The van der Waals surface area contributed by atoms with Gasteiger partial charge >= 0.3 is 0 Å². The Morgan fingerprint density at radius 1 is 1.43 bits per heavy atom. The van der Waals surface area contributed by atoms with Crippen molar-refractivity contribution in [2.24, 2.45) is 0 Å². The van der Waals surface area contributed by atoms with Gasteiger partial charge in [-0.05, 0) is 25.7 Å². The highest BCUT2D eigenvalue weighted by Gasteiger charge is 2.39. The third-order valence-corrected chi connectivity index (χ3v) is 5.52. The molecule has 4 rings (SSSR count). The number of carbonyl (C=O) groups excluding carboxylic acids is 1. The third kappa shape index (κ3) is 3.27. The predicted octanol–water partition coefficient (Wildman–Crippen LogP) is 1.78. The summed E-state index contributed by atoms with van der Waals surface area (Å²) < 4.78 is 13.4. The van der Waals surface area contributed by atoms with Crippen molar-refractivity contribution in [1.82, 2.24) is 14.7 Å². The van der Waals surface area contributed by atoms with Gasteiger partial charge in [0, 0.05) is 43.6 Å². The van der Waals surface area contributed by atoms with E-state index in [1.165, 1.54) is 0 Å². The molecule has 2 aromatic heterocycles. The van der Waals surface area contributed by atoms with Crippen molar-refractivity contribution in [3.05, 3.63) is 23.5 Å². The zero-order chi connectivity index (χ0) is 15.7. The number of hydrogen-bond acceptors (Lipinski definition) is 5. The first-order chi connectivity index (χ1) is 11.2. The van der Waals surface area contributed by atoms with E-state index in [1.807, 2.05) is 22.2 Å². The number of rotatable bonds is 3. The lowest BCUT2D eigenvalue weighted by Gasteiger charge is -2.43. The van der Waals surface area contributed by atoms with Crippen LogP contribution >= 0.6 is 11.3 Å². The molecular formula is C16H21N3O3S. The molecule has 2 saturated heterocycles. The molecule has 7 heteroatoms. The number of amides is 1. The van der Waals surface area contributed by atoms with E-state index >= 15 is 0 Å². The van der Waals surface area contributed by atoms with Crippen LogP contribution in [0.5, 0.6) is 0 Å². The molecule has 2 aliphatic heterocycles. The van der Waals surface area contributed by atoms with E-state index in [0.717, 1.165) is 49.6 Å². The second-order valence-electron chi connectivity index (χ2n) is 6.40. The molecule has 2 fully saturated rings. The van der Waals surface area contributed by atoms with Crippen molar-refractivity contribution in [1.29, 1.82) is 0 Å². The first-order valence-electron chi connectivity index (χ1n) is 8.15. The van der Waals surface area contributed by atoms with Crippen molar-refractivity contribution in [2.75, 3.05) is 19.8 Å². The number of carbonyl (C=O) groups is 1. The first-order valence-corrected chi connectivity index (χ1v) is 9.03. The third-order valence-electron chi connectivity index (χ3n) is 4.75. The minimum Gasteiger partial charge on any atom is -0.381 e. The Balaban J connectivity index is 1.35. The van der Waals surface area contributed by atoms with Gasteiger partial charge in [0.15, 0.2) is 4.96 Å². The van der Waals surface area contributed by atoms with Crippen LogP contribution in [0, 0.1) is 0 Å². The summed E-state index contributed by atoms with van der Waals surface area (Å²) in [6, 6.07) is 0.193. The van der Waals surface area contributed by atoms with Crippen LogP contribution in [0.3, 0.4) is 0 Å². The minimum atomic E-state index is -0.0918. The Labute approximate surface area is 138 Å². The predicted molar refractivity (Wildman–Crippen MR) is 86.7 cm³/mol. The highest BCUT2D eigenvalue weighted by Crippen LogP contribution is 2.34. The summed E-state index contributed by atoms with van der Waals surface area (Å²) in [5.41, 5.74) is 0.730. The van der Waals surface area contributed by atoms with Gasteiger partial charge in [-0.1, -0.05) is 0 Å². The quantitative estimate of drug-likeness (QED) is 0.929. The fourth-order valence-corrected chi connectivity index (χ4v) is 4.27. The van der Waals surface area contributed by atoms with Gasteiger partial charge in [0.25, 0.3) is 0 Å². The largest absolute Gasteiger partial charge is 0.381 e. The molecule has 2 aliphatic rings. The van der Waals surface area contributed by atoms with Crippen molar-refractivity contribution in [2.45, 2.75) is 43.7 Å². The molecule has 2 aromatic rings. The molecule has 0 unspecified atom stereocenters. The average Bonchev–Trinajstić information content (AvgIpc) is 3.09. The molecule has 4 heterocycles. The van der Waals surface area contributed by atoms with E-state index < -0.39 is 0 Å². The van der Waals surface area contributed by atoms with Gasteiger partial charge in [-0.3, -0.25) is 9.20 Å². The molecule has 1 amide bonds. The molecule has 23 heavy (non-hydrogen) atoms. The number of imidazole rings is 1. The molecule has 0 aliphatic carbocycles. The molecule has 124 valence electrons. The Bertz CT molecular complexity index is 656. The first kappa shape index (κ1) is 15.1. The molecule has 0 aromatic carbocycles. The molecular weight excluding hydrogens is 314 g/mol. The summed E-state index contributed by atoms with van der Waals surface area (Å²) in [6.07, 6.45) is 7.85. The Hall–Kier alpha value is -1.44. The number of nitrogens with zero attached hydrogens (tertiary/aromatic N) is 2. The Morgan fingerprint density at radius 3 is 3.13 bits per heavy atom. The van der Waals surface area contributed by atoms with Crippen molar-refractivity contribution in [3.8, 4) is 0 Å². The van der Waals surface area contributed by atoms with Gasteiger partial charge in [0.05, 0.1) is 17.7 Å². The van der Waals surface area contributed by atoms with Crippen LogP contribution in [0.25, 0.3) is 4.96 Å². The number of hydrogen-bond donors (Lipinski definition) is 1. The molecule has 6 nitrogen and oxygen atoms in total. The SMILES string of the molecule is O=C(Cc1cn2ccsc2n1)N[C@H]1CCOC2(CCOCC2)C1. The lowest BCUT2D eigenvalue weighted by atomic mass is 9.84. The number of fused-ring (bicyclic) bond motifs is 1. The van der Waals surface area contributed by atoms with Gasteiger partial charge in [-0.2, -0.15) is 0 Å². The van der Waals surface area contributed by atoms with Crippen molar-refractivity contribution in [3.63, 3.8) is 0 Å². The fourth-order valence-electron chi connectivity index (χ4n) is 3.55. The standard InChI is InChI=1S/C16H21N3O3S/c20-14(9-13-11-19-4-8-23-15(19)18-13)17-12-1-5-22-16(10-12)2-6-21-7-3-16/h4,8,11-12H,1-3,5-7,9-10H2,(H,17,20)/t12-/m0/s1. The van der Waals surface area contributed by atoms with Gasteiger partial charge in [0.2, 0.25) is 5.91 Å². The Kier molecular flexibility index (Phi) is 4.09. The van der Waals surface area contributed by atoms with Gasteiger partial charge < -0.3 is 14.8 Å². The van der Waals surface area contributed by atoms with E-state index in [2.05, 4.69) is 10.3 Å². The summed E-state index contributed by atoms with van der Waals surface area (Å²) in [5.74, 6) is 0.0462. The Morgan fingerprint density at radius 2 is 2.30 bits per heavy atom. The van der Waals surface area contributed by atoms with Crippen LogP contribution in [0.4, 0.5) is 0 Å². The van der Waals surface area contributed by atoms with Crippen LogP contribution in [-0.4, -0.2) is 46.8 Å². The van der Waals surface area contributed by atoms with E-state index in [1.54, 1.807) is 11.3 Å². The summed E-state index contributed by atoms with van der Waals surface area (Å²) >= 11 is 1.58. The fraction of sp³-hybridized carbons (Fsp3) is 0.625. The second-order valence-corrected chi connectivity index (χ2v) is 7.28. The van der Waals surface area contributed by atoms with Gasteiger partial charge in [-0.25, -0.2) is 4.98 Å². The zero-order valence-corrected chi connectivity index (χ0v) is 13.8. The molecule has 1 atom stereocenters. The topological polar surface area (TPSA) is 64.9 Å². The van der Waals surface area contributed by atoms with Crippen LogP contribution in [0.2, 0.25) is 0 Å². The van der Waals surface area contributed by atoms with Crippen molar-refractivity contribution >= 4 is 22.2 Å². The summed E-state index contributed by atoms with van der Waals surface area (Å²) in [7, 11) is 0. The lowest BCUT2D eigenvalue weighted by molar-refractivity contribution is -0.143. The van der Waals surface area contributed by atoms with Crippen LogP contribution in [0.15, 0.2) is 17.8 Å². The molecule has 0 radical (unpaired) electrons. The molecule has 0 bridgehead atoms. The van der Waals surface area contributed by atoms with Crippen LogP contribution in [0.1, 0.15) is 31.4 Å². The molecule has 1 spiro atoms. The summed E-state index contributed by atoms with van der Waals surface area (Å²) in [4.78, 5) is 17.7. The maximum absolute atomic E-state index is 12.3. The highest BCUT2D eigenvalue weighted by molar-refractivity contribution is 7.15. The lowest BCUT2D eigenvalue weighted by Crippen LogP contribution is -2.51. The number of nitrogens with one attached hydrogen (secondary N) is 1. The van der Waals surface area contributed by atoms with E-state index in [0.29, 0.717) is 13.0 Å².